The number of nitrogens with zero attached hydrogens (tertiary/aromatic N) is 1. The normalized spacial score (nSPS) is 12.3. The molecule has 0 fully saturated rings. The van der Waals surface area contributed by atoms with Crippen LogP contribution in [0.4, 0.5) is 0 Å². The lowest BCUT2D eigenvalue weighted by Crippen LogP contribution is -2.24. The van der Waals surface area contributed by atoms with Gasteiger partial charge in [0.1, 0.15) is 11.4 Å². The molecule has 0 aromatic heterocycles. The highest BCUT2D eigenvalue weighted by Gasteiger charge is 2.22. The second-order valence-electron chi connectivity index (χ2n) is 7.33. The third kappa shape index (κ3) is 6.04. The van der Waals surface area contributed by atoms with E-state index in [1.54, 1.807) is 27.9 Å². The van der Waals surface area contributed by atoms with E-state index in [-0.39, 0.29) is 11.5 Å². The van der Waals surface area contributed by atoms with Gasteiger partial charge in [-0.05, 0) is 24.3 Å². The molecule has 0 heterocycles. The van der Waals surface area contributed by atoms with Crippen molar-refractivity contribution in [2.75, 3.05) is 14.2 Å². The van der Waals surface area contributed by atoms with Gasteiger partial charge in [0.25, 0.3) is 0 Å². The Kier molecular flexibility index (Phi) is 7.31. The predicted octanol–water partition coefficient (Wildman–Crippen LogP) is 3.71. The molecule has 2 aromatic rings. The summed E-state index contributed by atoms with van der Waals surface area (Å²) in [5, 5.41) is 4.43. The van der Waals surface area contributed by atoms with Crippen LogP contribution in [0.5, 0.6) is 5.75 Å². The molecule has 29 heavy (non-hydrogen) atoms. The second-order valence-corrected chi connectivity index (χ2v) is 7.33. The summed E-state index contributed by atoms with van der Waals surface area (Å²) in [7, 11) is 2.85. The summed E-state index contributed by atoms with van der Waals surface area (Å²) >= 11 is 0. The van der Waals surface area contributed by atoms with Crippen LogP contribution in [0.15, 0.2) is 71.5 Å². The van der Waals surface area contributed by atoms with Crippen molar-refractivity contribution in [3.05, 3.63) is 77.5 Å². The average Bonchev–Trinajstić information content (AvgIpc) is 2.72. The number of ether oxygens (including phenoxy) is 2. The number of allylic oxidation sites excluding steroid dienone is 1. The molecule has 0 saturated heterocycles. The highest BCUT2D eigenvalue weighted by Crippen LogP contribution is 2.18. The van der Waals surface area contributed by atoms with Gasteiger partial charge in [0.15, 0.2) is 5.78 Å². The fourth-order valence-corrected chi connectivity index (χ4v) is 2.35. The molecule has 0 radical (unpaired) electrons. The Bertz CT molecular complexity index is 908. The molecular weight excluding hydrogens is 368 g/mol. The van der Waals surface area contributed by atoms with Crippen LogP contribution in [0.1, 0.15) is 31.9 Å². The number of benzene rings is 2. The van der Waals surface area contributed by atoms with Crippen molar-refractivity contribution in [1.82, 2.24) is 5.43 Å². The highest BCUT2D eigenvalue weighted by atomic mass is 16.5. The molecule has 152 valence electrons. The van der Waals surface area contributed by atoms with Crippen LogP contribution in [0.2, 0.25) is 0 Å². The maximum atomic E-state index is 12.4. The summed E-state index contributed by atoms with van der Waals surface area (Å²) in [4.78, 5) is 24.5. The minimum Gasteiger partial charge on any atom is -0.497 e. The molecule has 6 heteroatoms. The zero-order valence-corrected chi connectivity index (χ0v) is 17.4. The summed E-state index contributed by atoms with van der Waals surface area (Å²) < 4.78 is 10.0. The first-order chi connectivity index (χ1) is 13.8. The zero-order chi connectivity index (χ0) is 21.4. The van der Waals surface area contributed by atoms with Crippen LogP contribution in [-0.4, -0.2) is 31.7 Å². The van der Waals surface area contributed by atoms with Crippen LogP contribution in [0.3, 0.4) is 0 Å². The Morgan fingerprint density at radius 3 is 2.03 bits per heavy atom. The van der Waals surface area contributed by atoms with Gasteiger partial charge in [-0.3, -0.25) is 10.2 Å². The summed E-state index contributed by atoms with van der Waals surface area (Å²) in [6.45, 7) is 5.32. The van der Waals surface area contributed by atoms with Crippen molar-refractivity contribution in [2.45, 2.75) is 20.8 Å². The van der Waals surface area contributed by atoms with Gasteiger partial charge in [-0.25, -0.2) is 4.79 Å². The lowest BCUT2D eigenvalue weighted by atomic mass is 9.90. The first kappa shape index (κ1) is 21.9. The number of carbonyl (C=O) groups is 2. The topological polar surface area (TPSA) is 77.0 Å². The molecule has 0 unspecified atom stereocenters. The van der Waals surface area contributed by atoms with E-state index in [1.807, 2.05) is 54.6 Å². The van der Waals surface area contributed by atoms with Crippen LogP contribution in [-0.2, 0) is 14.3 Å². The molecule has 0 atom stereocenters. The fourth-order valence-electron chi connectivity index (χ4n) is 2.35. The molecule has 1 N–H and O–H groups in total. The fraction of sp³-hybridized carbons (Fsp3) is 0.261. The monoisotopic (exact) mass is 394 g/mol. The van der Waals surface area contributed by atoms with Crippen LogP contribution in [0, 0.1) is 5.41 Å². The molecule has 6 nitrogen and oxygen atoms in total. The Morgan fingerprint density at radius 2 is 1.52 bits per heavy atom. The number of ketones is 1. The smallest absolute Gasteiger partial charge is 0.356 e. The van der Waals surface area contributed by atoms with Gasteiger partial charge in [-0.1, -0.05) is 51.1 Å². The molecule has 2 aromatic carbocycles. The molecule has 0 aliphatic carbocycles. The van der Waals surface area contributed by atoms with Crippen molar-refractivity contribution in [3.8, 4) is 5.75 Å². The van der Waals surface area contributed by atoms with Crippen molar-refractivity contribution in [2.24, 2.45) is 10.5 Å². The molecule has 0 spiro atoms. The molecule has 0 amide bonds. The van der Waals surface area contributed by atoms with E-state index in [1.165, 1.54) is 13.2 Å². The van der Waals surface area contributed by atoms with E-state index in [4.69, 9.17) is 9.47 Å². The van der Waals surface area contributed by atoms with Gasteiger partial charge < -0.3 is 9.47 Å². The summed E-state index contributed by atoms with van der Waals surface area (Å²) in [6, 6.07) is 16.9. The number of hydrogen-bond donors (Lipinski definition) is 1. The number of hydrazone groups is 1. The minimum atomic E-state index is -0.673. The largest absolute Gasteiger partial charge is 0.497 e. The molecular formula is C23H26N2O4. The van der Waals surface area contributed by atoms with Crippen molar-refractivity contribution in [3.63, 3.8) is 0 Å². The Balaban J connectivity index is 2.46. The van der Waals surface area contributed by atoms with Gasteiger partial charge >= 0.3 is 5.97 Å². The van der Waals surface area contributed by atoms with Crippen molar-refractivity contribution in [1.29, 1.82) is 0 Å². The number of hydrogen-bond acceptors (Lipinski definition) is 6. The number of rotatable bonds is 7. The van der Waals surface area contributed by atoms with Gasteiger partial charge in [-0.15, -0.1) is 0 Å². The Labute approximate surface area is 171 Å². The number of carbonyl (C=O) groups excluding carboxylic acids is 2. The lowest BCUT2D eigenvalue weighted by molar-refractivity contribution is -0.137. The predicted molar refractivity (Wildman–Crippen MR) is 113 cm³/mol. The number of methoxy groups -OCH3 is 2. The van der Waals surface area contributed by atoms with E-state index < -0.39 is 11.4 Å². The average molecular weight is 394 g/mol. The summed E-state index contributed by atoms with van der Waals surface area (Å²) in [5.74, 6) is -0.167. The third-order valence-electron chi connectivity index (χ3n) is 4.12. The third-order valence-corrected chi connectivity index (χ3v) is 4.12. The first-order valence-electron chi connectivity index (χ1n) is 9.14. The van der Waals surface area contributed by atoms with Crippen LogP contribution >= 0.6 is 0 Å². The Hall–Kier alpha value is -3.41. The maximum absolute atomic E-state index is 12.4. The van der Waals surface area contributed by atoms with E-state index in [9.17, 15) is 9.59 Å². The van der Waals surface area contributed by atoms with Gasteiger partial charge in [-0.2, -0.15) is 5.10 Å². The van der Waals surface area contributed by atoms with E-state index in [0.717, 1.165) is 16.9 Å². The van der Waals surface area contributed by atoms with E-state index >= 15 is 0 Å². The van der Waals surface area contributed by atoms with Crippen LogP contribution in [0.25, 0.3) is 0 Å². The van der Waals surface area contributed by atoms with Crippen LogP contribution < -0.4 is 10.2 Å². The highest BCUT2D eigenvalue weighted by molar-refractivity contribution is 6.13. The molecule has 0 bridgehead atoms. The van der Waals surface area contributed by atoms with E-state index in [0.29, 0.717) is 5.71 Å². The lowest BCUT2D eigenvalue weighted by Gasteiger charge is -2.15. The quantitative estimate of drug-likeness (QED) is 0.335. The standard InChI is InChI=1S/C23H26N2O4/c1-23(2,3)20(26)15-19(22(27)29-5)24-25-21(16-9-7-6-8-10-16)17-11-13-18(28-4)14-12-17/h6-15,24H,1-5H3. The minimum absolute atomic E-state index is 0.0330. The number of esters is 1. The van der Waals surface area contributed by atoms with Gasteiger partial charge in [0, 0.05) is 22.6 Å². The Morgan fingerprint density at radius 1 is 0.931 bits per heavy atom. The molecule has 0 aliphatic heterocycles. The summed E-state index contributed by atoms with van der Waals surface area (Å²) in [5.41, 5.74) is 4.32. The second kappa shape index (κ2) is 9.68. The maximum Gasteiger partial charge on any atom is 0.356 e. The molecule has 0 aliphatic rings. The summed E-state index contributed by atoms with van der Waals surface area (Å²) in [6.07, 6.45) is 1.23. The van der Waals surface area contributed by atoms with Gasteiger partial charge in [0.05, 0.1) is 19.9 Å². The number of nitrogens with one attached hydrogen (secondary N) is 1. The molecule has 0 saturated carbocycles. The first-order valence-corrected chi connectivity index (χ1v) is 9.14. The molecule has 2 rings (SSSR count). The van der Waals surface area contributed by atoms with Crippen molar-refractivity contribution >= 4 is 17.5 Å². The SMILES string of the molecule is COC(=O)C(=CC(=O)C(C)(C)C)NN=C(c1ccccc1)c1ccc(OC)cc1. The van der Waals surface area contributed by atoms with Gasteiger partial charge in [0.2, 0.25) is 0 Å². The van der Waals surface area contributed by atoms with Crippen molar-refractivity contribution < 1.29 is 19.1 Å². The van der Waals surface area contributed by atoms with E-state index in [2.05, 4.69) is 10.5 Å². The zero-order valence-electron chi connectivity index (χ0n) is 17.4.